The zero-order valence-electron chi connectivity index (χ0n) is 17.8. The van der Waals surface area contributed by atoms with E-state index in [-0.39, 0.29) is 18.4 Å². The summed E-state index contributed by atoms with van der Waals surface area (Å²) in [5, 5.41) is 16.8. The van der Waals surface area contributed by atoms with Gasteiger partial charge in [-0.15, -0.1) is 12.8 Å². The molecule has 0 saturated carbocycles. The van der Waals surface area contributed by atoms with Crippen molar-refractivity contribution in [3.63, 3.8) is 0 Å². The molecule has 0 fully saturated rings. The molecule has 3 heteroatoms. The topological polar surface area (TPSA) is 70.0 Å². The molecule has 1 aliphatic carbocycles. The lowest BCUT2D eigenvalue weighted by Gasteiger charge is -2.33. The molecule has 0 aromatic carbocycles. The molecule has 0 aromatic heterocycles. The highest BCUT2D eigenvalue weighted by atomic mass is 16.3. The number of rotatable bonds is 4. The van der Waals surface area contributed by atoms with Crippen LogP contribution in [0.3, 0.4) is 0 Å². The Morgan fingerprint density at radius 1 is 1.35 bits per heavy atom. The number of hydrogen-bond acceptors (Lipinski definition) is 3. The zero-order chi connectivity index (χ0) is 20.9. The van der Waals surface area contributed by atoms with Crippen LogP contribution in [0.25, 0.3) is 0 Å². The maximum atomic E-state index is 8.47. The van der Waals surface area contributed by atoms with Crippen LogP contribution in [-0.2, 0) is 0 Å². The summed E-state index contributed by atoms with van der Waals surface area (Å²) in [4.78, 5) is 0. The Morgan fingerprint density at radius 3 is 2.19 bits per heavy atom. The molecule has 0 aromatic rings. The highest BCUT2D eigenvalue weighted by molar-refractivity contribution is 5.36. The van der Waals surface area contributed by atoms with Crippen molar-refractivity contribution in [2.45, 2.75) is 67.7 Å². The van der Waals surface area contributed by atoms with E-state index in [0.717, 1.165) is 5.70 Å². The fourth-order valence-electron chi connectivity index (χ4n) is 2.75. The second-order valence-electron chi connectivity index (χ2n) is 7.79. The summed E-state index contributed by atoms with van der Waals surface area (Å²) < 4.78 is 0. The molecule has 146 valence electrons. The summed E-state index contributed by atoms with van der Waals surface area (Å²) in [5.41, 5.74) is 11.2. The van der Waals surface area contributed by atoms with E-state index in [1.807, 2.05) is 26.8 Å². The minimum absolute atomic E-state index is 0.0197. The molecule has 3 N–H and O–H groups in total. The summed E-state index contributed by atoms with van der Waals surface area (Å²) in [6.45, 7) is 14.8. The number of nitrogens with zero attached hydrogens (tertiary/aromatic N) is 1. The molecule has 0 radical (unpaired) electrons. The van der Waals surface area contributed by atoms with Gasteiger partial charge in [-0.1, -0.05) is 45.4 Å². The fraction of sp³-hybridized carbons (Fsp3) is 0.609. The smallest absolute Gasteiger partial charge is 0.0717 e. The summed E-state index contributed by atoms with van der Waals surface area (Å²) in [5.74, 6) is 0.0833. The molecule has 0 saturated heterocycles. The first kappa shape index (κ1) is 26.3. The minimum Gasteiger partial charge on any atom is -0.402 e. The normalized spacial score (nSPS) is 18.1. The van der Waals surface area contributed by atoms with Gasteiger partial charge in [0.25, 0.3) is 0 Å². The number of allylic oxidation sites excluding steroid dienone is 6. The largest absolute Gasteiger partial charge is 0.402 e. The average molecular weight is 359 g/mol. The third-order valence-electron chi connectivity index (χ3n) is 4.83. The van der Waals surface area contributed by atoms with Crippen LogP contribution in [0.1, 0.15) is 67.7 Å². The first-order chi connectivity index (χ1) is 12.1. The van der Waals surface area contributed by atoms with E-state index in [4.69, 9.17) is 16.1 Å². The van der Waals surface area contributed by atoms with Gasteiger partial charge in [-0.2, -0.15) is 5.26 Å². The molecular formula is C23H38N2O. The Labute approximate surface area is 161 Å². The molecular weight excluding hydrogens is 320 g/mol. The van der Waals surface area contributed by atoms with Crippen LogP contribution in [-0.4, -0.2) is 11.7 Å². The third kappa shape index (κ3) is 9.50. The van der Waals surface area contributed by atoms with Crippen molar-refractivity contribution < 1.29 is 5.11 Å². The van der Waals surface area contributed by atoms with Crippen LogP contribution >= 0.6 is 0 Å². The van der Waals surface area contributed by atoms with E-state index in [0.29, 0.717) is 5.41 Å². The molecule has 0 spiro atoms. The predicted octanol–water partition coefficient (Wildman–Crippen LogP) is 5.35. The third-order valence-corrected chi connectivity index (χ3v) is 4.83. The number of aliphatic hydroxyl groups is 1. The van der Waals surface area contributed by atoms with E-state index in [1.54, 1.807) is 0 Å². The van der Waals surface area contributed by atoms with Crippen molar-refractivity contribution in [2.75, 3.05) is 6.61 Å². The number of nitriles is 1. The van der Waals surface area contributed by atoms with Gasteiger partial charge in [0, 0.05) is 5.70 Å². The number of nitrogens with two attached hydrogens (primary N) is 1. The molecule has 0 aliphatic heterocycles. The van der Waals surface area contributed by atoms with Crippen LogP contribution < -0.4 is 5.73 Å². The van der Waals surface area contributed by atoms with E-state index in [9.17, 15) is 0 Å². The number of hydrogen-bond donors (Lipinski definition) is 2. The highest BCUT2D eigenvalue weighted by Gasteiger charge is 2.26. The molecule has 0 amide bonds. The van der Waals surface area contributed by atoms with Gasteiger partial charge in [0.1, 0.15) is 0 Å². The Hall–Kier alpha value is -1.97. The quantitative estimate of drug-likeness (QED) is 0.526. The number of terminal acetylenes is 1. The lowest BCUT2D eigenvalue weighted by molar-refractivity contribution is 0.226. The lowest BCUT2D eigenvalue weighted by Crippen LogP contribution is -2.19. The van der Waals surface area contributed by atoms with Crippen molar-refractivity contribution in [3.8, 4) is 18.9 Å². The van der Waals surface area contributed by atoms with Crippen LogP contribution in [0.4, 0.5) is 0 Å². The van der Waals surface area contributed by atoms with Crippen LogP contribution in [0, 0.1) is 41.4 Å². The van der Waals surface area contributed by atoms with Gasteiger partial charge in [-0.05, 0) is 62.5 Å². The van der Waals surface area contributed by atoms with Crippen molar-refractivity contribution >= 4 is 0 Å². The maximum Gasteiger partial charge on any atom is 0.0717 e. The lowest BCUT2D eigenvalue weighted by atomic mass is 9.72. The second kappa shape index (κ2) is 13.3. The summed E-state index contributed by atoms with van der Waals surface area (Å²) in [6, 6.07) is 2.00. The maximum absolute atomic E-state index is 8.47. The van der Waals surface area contributed by atoms with Gasteiger partial charge < -0.3 is 10.8 Å². The van der Waals surface area contributed by atoms with E-state index < -0.39 is 0 Å². The van der Waals surface area contributed by atoms with Gasteiger partial charge in [-0.3, -0.25) is 0 Å². The molecule has 1 unspecified atom stereocenters. The molecule has 0 heterocycles. The van der Waals surface area contributed by atoms with Crippen LogP contribution in [0.5, 0.6) is 0 Å². The van der Waals surface area contributed by atoms with Gasteiger partial charge in [-0.25, -0.2) is 0 Å². The predicted molar refractivity (Wildman–Crippen MR) is 113 cm³/mol. The Bertz CT molecular complexity index is 565. The molecule has 1 aliphatic rings. The summed E-state index contributed by atoms with van der Waals surface area (Å²) in [7, 11) is 0. The van der Waals surface area contributed by atoms with Crippen molar-refractivity contribution in [1.82, 2.24) is 0 Å². The Kier molecular flexibility index (Phi) is 13.4. The Morgan fingerprint density at radius 2 is 1.88 bits per heavy atom. The first-order valence-corrected chi connectivity index (χ1v) is 9.21. The molecule has 0 bridgehead atoms. The van der Waals surface area contributed by atoms with Crippen molar-refractivity contribution in [2.24, 2.45) is 23.0 Å². The van der Waals surface area contributed by atoms with E-state index >= 15 is 0 Å². The van der Waals surface area contributed by atoms with Crippen molar-refractivity contribution in [1.29, 1.82) is 5.26 Å². The fourth-order valence-corrected chi connectivity index (χ4v) is 2.75. The summed E-state index contributed by atoms with van der Waals surface area (Å²) >= 11 is 0. The standard InChI is InChI=1S/C15H25N.C6H11NO.C2H2/c1-11(13(3)16)8-9-14-12(2)7-6-10-15(14,4)5;1-5(2)6(3-7)4-8;1-2/h8-9H,6-7,10,16H2,1-5H3;5-6,8H,4H2,1-2H3;1-2H/b9-8+,13-11-;;. The van der Waals surface area contributed by atoms with Gasteiger partial charge in [0.15, 0.2) is 0 Å². The van der Waals surface area contributed by atoms with Crippen molar-refractivity contribution in [3.05, 3.63) is 34.6 Å². The van der Waals surface area contributed by atoms with Gasteiger partial charge in [0.05, 0.1) is 18.6 Å². The SMILES string of the molecule is C#C.CC(C)C(C#N)CO.CC1=C(/C=C/C(C)=C(/C)N)C(C)(C)CCC1. The molecule has 1 rings (SSSR count). The first-order valence-electron chi connectivity index (χ1n) is 9.21. The van der Waals surface area contributed by atoms with E-state index in [2.05, 4.69) is 52.7 Å². The second-order valence-corrected chi connectivity index (χ2v) is 7.79. The molecule has 3 nitrogen and oxygen atoms in total. The van der Waals surface area contributed by atoms with Crippen LogP contribution in [0.2, 0.25) is 0 Å². The zero-order valence-corrected chi connectivity index (χ0v) is 17.8. The molecule has 26 heavy (non-hydrogen) atoms. The van der Waals surface area contributed by atoms with Crippen LogP contribution in [0.15, 0.2) is 34.6 Å². The van der Waals surface area contributed by atoms with Gasteiger partial charge >= 0.3 is 0 Å². The number of aliphatic hydroxyl groups excluding tert-OH is 1. The van der Waals surface area contributed by atoms with E-state index in [1.165, 1.54) is 36.0 Å². The minimum atomic E-state index is -0.185. The monoisotopic (exact) mass is 358 g/mol. The average Bonchev–Trinajstić information content (AvgIpc) is 2.56. The highest BCUT2D eigenvalue weighted by Crippen LogP contribution is 2.40. The van der Waals surface area contributed by atoms with Gasteiger partial charge in [0.2, 0.25) is 0 Å². The summed E-state index contributed by atoms with van der Waals surface area (Å²) in [6.07, 6.45) is 16.3. The molecule has 1 atom stereocenters. The Balaban J connectivity index is 0.